The highest BCUT2D eigenvalue weighted by Crippen LogP contribution is 2.29. The number of nitro benzene ring substituents is 2. The maximum atomic E-state index is 12.6. The Hall–Kier alpha value is -3.49. The molecule has 0 spiro atoms. The second kappa shape index (κ2) is 15.5. The predicted molar refractivity (Wildman–Crippen MR) is 138 cm³/mol. The van der Waals surface area contributed by atoms with Gasteiger partial charge in [0.25, 0.3) is 11.4 Å². The Morgan fingerprint density at radius 3 is 1.42 bits per heavy atom. The van der Waals surface area contributed by atoms with E-state index in [9.17, 15) is 25.0 Å². The summed E-state index contributed by atoms with van der Waals surface area (Å²) < 4.78 is 10.9. The Bertz CT molecular complexity index is 944. The molecule has 0 saturated carbocycles. The van der Waals surface area contributed by atoms with Crippen molar-refractivity contribution in [2.75, 3.05) is 0 Å². The van der Waals surface area contributed by atoms with Crippen molar-refractivity contribution in [1.29, 1.82) is 0 Å². The standard InChI is InChI=1S/C27H36N2O7/c1-3-5-7-9-11-13-21-19-23(28(31)32)15-17-25(21)35-27(30)36-26-18-16-24(29(33)34)20-22(26)14-12-10-8-6-4-2/h15-20H,3-14H2,1-2H3. The van der Waals surface area contributed by atoms with Gasteiger partial charge in [-0.1, -0.05) is 65.2 Å². The van der Waals surface area contributed by atoms with E-state index in [1.807, 2.05) is 0 Å². The summed E-state index contributed by atoms with van der Waals surface area (Å²) >= 11 is 0. The van der Waals surface area contributed by atoms with Crippen molar-refractivity contribution in [3.8, 4) is 11.5 Å². The van der Waals surface area contributed by atoms with E-state index >= 15 is 0 Å². The minimum atomic E-state index is -0.989. The van der Waals surface area contributed by atoms with Gasteiger partial charge in [0.1, 0.15) is 11.5 Å². The van der Waals surface area contributed by atoms with E-state index in [4.69, 9.17) is 9.47 Å². The van der Waals surface area contributed by atoms with Crippen molar-refractivity contribution in [2.24, 2.45) is 0 Å². The number of hydrogen-bond acceptors (Lipinski definition) is 7. The Morgan fingerprint density at radius 1 is 0.667 bits per heavy atom. The van der Waals surface area contributed by atoms with Crippen molar-refractivity contribution in [2.45, 2.75) is 90.9 Å². The molecule has 0 heterocycles. The lowest BCUT2D eigenvalue weighted by molar-refractivity contribution is -0.385. The lowest BCUT2D eigenvalue weighted by atomic mass is 10.0. The molecule has 2 aromatic rings. The molecule has 0 N–H and O–H groups in total. The number of hydrogen-bond donors (Lipinski definition) is 0. The molecule has 9 heteroatoms. The van der Waals surface area contributed by atoms with Gasteiger partial charge < -0.3 is 9.47 Å². The first-order chi connectivity index (χ1) is 17.3. The number of carbonyl (C=O) groups is 1. The molecule has 0 aliphatic carbocycles. The second-order valence-corrected chi connectivity index (χ2v) is 8.88. The summed E-state index contributed by atoms with van der Waals surface area (Å²) in [4.78, 5) is 34.1. The Morgan fingerprint density at radius 2 is 1.06 bits per heavy atom. The molecule has 0 aliphatic heterocycles. The summed E-state index contributed by atoms with van der Waals surface area (Å²) in [6, 6.07) is 8.25. The van der Waals surface area contributed by atoms with Crippen LogP contribution >= 0.6 is 0 Å². The van der Waals surface area contributed by atoms with Gasteiger partial charge in [-0.15, -0.1) is 0 Å². The average Bonchev–Trinajstić information content (AvgIpc) is 2.85. The van der Waals surface area contributed by atoms with Gasteiger partial charge in [0, 0.05) is 35.4 Å². The molecule has 9 nitrogen and oxygen atoms in total. The first-order valence-electron chi connectivity index (χ1n) is 12.8. The average molecular weight is 501 g/mol. The quantitative estimate of drug-likeness (QED) is 0.0750. The highest BCUT2D eigenvalue weighted by atomic mass is 16.7. The van der Waals surface area contributed by atoms with Crippen LogP contribution in [0.4, 0.5) is 16.2 Å². The van der Waals surface area contributed by atoms with Crippen LogP contribution in [-0.2, 0) is 12.8 Å². The van der Waals surface area contributed by atoms with E-state index in [0.717, 1.165) is 64.2 Å². The molecular weight excluding hydrogens is 464 g/mol. The second-order valence-electron chi connectivity index (χ2n) is 8.88. The van der Waals surface area contributed by atoms with Crippen molar-refractivity contribution in [3.05, 3.63) is 67.8 Å². The topological polar surface area (TPSA) is 122 Å². The molecule has 0 radical (unpaired) electrons. The molecule has 196 valence electrons. The maximum absolute atomic E-state index is 12.6. The van der Waals surface area contributed by atoms with Crippen LogP contribution in [0.2, 0.25) is 0 Å². The molecule has 2 aromatic carbocycles. The van der Waals surface area contributed by atoms with Gasteiger partial charge in [-0.25, -0.2) is 4.79 Å². The number of benzene rings is 2. The van der Waals surface area contributed by atoms with E-state index in [1.54, 1.807) is 0 Å². The van der Waals surface area contributed by atoms with Crippen LogP contribution in [0, 0.1) is 20.2 Å². The van der Waals surface area contributed by atoms with Crippen LogP contribution in [0.25, 0.3) is 0 Å². The van der Waals surface area contributed by atoms with E-state index in [-0.39, 0.29) is 22.9 Å². The third-order valence-electron chi connectivity index (χ3n) is 6.00. The molecule has 0 atom stereocenters. The number of carbonyl (C=O) groups excluding carboxylic acids is 1. The molecular formula is C27H36N2O7. The Labute approximate surface area is 212 Å². The monoisotopic (exact) mass is 500 g/mol. The first-order valence-corrected chi connectivity index (χ1v) is 12.8. The molecule has 2 rings (SSSR count). The normalized spacial score (nSPS) is 10.7. The SMILES string of the molecule is CCCCCCCc1cc([N+](=O)[O-])ccc1OC(=O)Oc1ccc([N+](=O)[O-])cc1CCCCCCC. The first kappa shape index (κ1) is 28.7. The van der Waals surface area contributed by atoms with Gasteiger partial charge >= 0.3 is 6.16 Å². The predicted octanol–water partition coefficient (Wildman–Crippen LogP) is 8.11. The number of ether oxygens (including phenoxy) is 2. The highest BCUT2D eigenvalue weighted by Gasteiger charge is 2.19. The summed E-state index contributed by atoms with van der Waals surface area (Å²) in [5.41, 5.74) is 0.995. The number of aryl methyl sites for hydroxylation is 2. The minimum absolute atomic E-state index is 0.0694. The van der Waals surface area contributed by atoms with Gasteiger partial charge in [-0.3, -0.25) is 20.2 Å². The summed E-state index contributed by atoms with van der Waals surface area (Å²) in [6.45, 7) is 4.25. The zero-order valence-corrected chi connectivity index (χ0v) is 21.2. The van der Waals surface area contributed by atoms with Crippen molar-refractivity contribution >= 4 is 17.5 Å². The largest absolute Gasteiger partial charge is 0.519 e. The highest BCUT2D eigenvalue weighted by molar-refractivity contribution is 5.69. The van der Waals surface area contributed by atoms with Crippen molar-refractivity contribution < 1.29 is 24.1 Å². The van der Waals surface area contributed by atoms with Gasteiger partial charge in [0.05, 0.1) is 9.85 Å². The van der Waals surface area contributed by atoms with Gasteiger partial charge in [-0.2, -0.15) is 0 Å². The van der Waals surface area contributed by atoms with E-state index < -0.39 is 16.0 Å². The summed E-state index contributed by atoms with van der Waals surface area (Å²) in [5, 5.41) is 22.5. The molecule has 0 amide bonds. The third-order valence-corrected chi connectivity index (χ3v) is 6.00. The molecule has 0 saturated heterocycles. The fourth-order valence-electron chi connectivity index (χ4n) is 3.99. The number of non-ortho nitro benzene ring substituents is 2. The fourth-order valence-corrected chi connectivity index (χ4v) is 3.99. The molecule has 36 heavy (non-hydrogen) atoms. The molecule has 0 unspecified atom stereocenters. The van der Waals surface area contributed by atoms with Crippen LogP contribution in [0.15, 0.2) is 36.4 Å². The third kappa shape index (κ3) is 9.64. The van der Waals surface area contributed by atoms with E-state index in [1.165, 1.54) is 36.4 Å². The number of rotatable bonds is 16. The molecule has 0 aromatic heterocycles. The van der Waals surface area contributed by atoms with Crippen LogP contribution in [-0.4, -0.2) is 16.0 Å². The summed E-state index contributed by atoms with van der Waals surface area (Å²) in [7, 11) is 0. The van der Waals surface area contributed by atoms with Crippen LogP contribution < -0.4 is 9.47 Å². The molecule has 0 bridgehead atoms. The van der Waals surface area contributed by atoms with E-state index in [2.05, 4.69) is 13.8 Å². The fraction of sp³-hybridized carbons (Fsp3) is 0.519. The van der Waals surface area contributed by atoms with Gasteiger partial charge in [0.15, 0.2) is 0 Å². The Kier molecular flexibility index (Phi) is 12.4. The van der Waals surface area contributed by atoms with Crippen molar-refractivity contribution in [3.63, 3.8) is 0 Å². The van der Waals surface area contributed by atoms with Crippen LogP contribution in [0.5, 0.6) is 11.5 Å². The van der Waals surface area contributed by atoms with Gasteiger partial charge in [0.2, 0.25) is 0 Å². The number of nitro groups is 2. The van der Waals surface area contributed by atoms with Crippen LogP contribution in [0.3, 0.4) is 0 Å². The zero-order chi connectivity index (χ0) is 26.3. The zero-order valence-electron chi connectivity index (χ0n) is 21.2. The molecule has 0 fully saturated rings. The van der Waals surface area contributed by atoms with Crippen LogP contribution in [0.1, 0.15) is 89.2 Å². The maximum Gasteiger partial charge on any atom is 0.519 e. The number of unbranched alkanes of at least 4 members (excludes halogenated alkanes) is 8. The number of nitrogens with zero attached hydrogens (tertiary/aromatic N) is 2. The van der Waals surface area contributed by atoms with Gasteiger partial charge in [-0.05, 0) is 37.8 Å². The summed E-state index contributed by atoms with van der Waals surface area (Å²) in [5.74, 6) is 0.424. The van der Waals surface area contributed by atoms with Crippen molar-refractivity contribution in [1.82, 2.24) is 0 Å². The van der Waals surface area contributed by atoms with E-state index in [0.29, 0.717) is 24.0 Å². The summed E-state index contributed by atoms with van der Waals surface area (Å²) in [6.07, 6.45) is 10.3. The minimum Gasteiger partial charge on any atom is -0.394 e. The Balaban J connectivity index is 2.13. The lowest BCUT2D eigenvalue weighted by Crippen LogP contribution is -2.16. The smallest absolute Gasteiger partial charge is 0.394 e. The molecule has 0 aliphatic rings. The lowest BCUT2D eigenvalue weighted by Gasteiger charge is -2.12.